The Bertz CT molecular complexity index is 4390. The van der Waals surface area contributed by atoms with Crippen molar-refractivity contribution in [1.29, 1.82) is 0 Å². The third kappa shape index (κ3) is 20.7. The van der Waals surface area contributed by atoms with Gasteiger partial charge in [-0.25, -0.2) is 9.59 Å². The topological polar surface area (TPSA) is 296 Å². The average molecular weight is 1520 g/mol. The molecule has 0 aliphatic carbocycles. The Morgan fingerprint density at radius 2 is 0.857 bits per heavy atom. The van der Waals surface area contributed by atoms with E-state index in [1.807, 2.05) is 32.9 Å². The van der Waals surface area contributed by atoms with E-state index in [-0.39, 0.29) is 60.1 Å². The van der Waals surface area contributed by atoms with Gasteiger partial charge >= 0.3 is 11.9 Å². The zero-order valence-corrected chi connectivity index (χ0v) is 60.1. The highest BCUT2D eigenvalue weighted by Crippen LogP contribution is 2.32. The smallest absolute Gasteiger partial charge is 0.338 e. The second-order valence-corrected chi connectivity index (χ2v) is 23.4. The predicted octanol–water partition coefficient (Wildman–Crippen LogP) is 15.5. The van der Waals surface area contributed by atoms with E-state index in [0.29, 0.717) is 102 Å². The highest BCUT2D eigenvalue weighted by Gasteiger charge is 2.23. The summed E-state index contributed by atoms with van der Waals surface area (Å²) in [5, 5.41) is 36.2. The number of nitrogens with zero attached hydrogens (tertiary/aromatic N) is 10. The standard InChI is InChI=1S/2C14H14ClN3O3.2C12H10Cl3N3O.C12H12ClN3O2/c1-8-4-5-9(14(20)21-3)6-11(8)17-13(19)12-10(15)7-16-18(12)2;1-3-21-14(20)9-4-6-10(7-5-9)17-13(19)12-11(15)8-16-18(12)2;1-2-18-11(9(15)6-16-18)12(19)17-10-5-7(13)3-4-8(10)14;1-2-18-11(8(14)6-16-18)12(19)17-9-5-3-4-7(13)10(9)15;1-16-11(8(13)7-14-16)12(17)15-9-5-3-4-6-10(9)18-2/h4-7H,1-3H3,(H,17,19);4-8H,3H2,1-2H3,(H,17,19);2*3-6H,2H2,1H3,(H,17,19);3-7H,1-2H3,(H,15,17). The first-order valence-corrected chi connectivity index (χ1v) is 32.1. The molecule has 10 rings (SSSR count). The van der Waals surface area contributed by atoms with Crippen molar-refractivity contribution < 1.29 is 47.8 Å². The Hall–Kier alpha value is -9.15. The number of aryl methyl sites for hydroxylation is 6. The first-order chi connectivity index (χ1) is 46.7. The maximum atomic E-state index is 12.2. The van der Waals surface area contributed by atoms with Crippen LogP contribution in [0.1, 0.15) is 99.5 Å². The maximum Gasteiger partial charge on any atom is 0.338 e. The summed E-state index contributed by atoms with van der Waals surface area (Å²) >= 11 is 53.4. The minimum Gasteiger partial charge on any atom is -0.495 e. The van der Waals surface area contributed by atoms with Crippen LogP contribution in [0.5, 0.6) is 5.75 Å². The molecule has 34 heteroatoms. The number of halogens is 9. The Labute approximate surface area is 606 Å². The molecule has 0 unspecified atom stereocenters. The number of hydrogen-bond donors (Lipinski definition) is 5. The SMILES string of the molecule is CCOC(=O)c1ccc(NC(=O)c2c(Cl)cnn2C)cc1.CCn1ncc(Cl)c1C(=O)Nc1cc(Cl)ccc1Cl.CCn1ncc(Cl)c1C(=O)Nc1cccc(Cl)c1Cl.COC(=O)c1ccc(C)c(NC(=O)c2c(Cl)cnn2C)c1.COc1ccccc1NC(=O)c1c(Cl)cnn1C. The quantitative estimate of drug-likeness (QED) is 0.0562. The van der Waals surface area contributed by atoms with E-state index in [1.54, 1.807) is 126 Å². The van der Waals surface area contributed by atoms with Gasteiger partial charge < -0.3 is 40.8 Å². The summed E-state index contributed by atoms with van der Waals surface area (Å²) in [7, 11) is 7.75. The summed E-state index contributed by atoms with van der Waals surface area (Å²) in [4.78, 5) is 83.8. The van der Waals surface area contributed by atoms with Gasteiger partial charge in [0.05, 0.1) is 120 Å². The van der Waals surface area contributed by atoms with Gasteiger partial charge in [0.2, 0.25) is 0 Å². The van der Waals surface area contributed by atoms with Crippen LogP contribution in [-0.4, -0.2) is 111 Å². The summed E-state index contributed by atoms with van der Waals surface area (Å²) in [6, 6.07) is 28.3. The number of rotatable bonds is 16. The molecule has 0 saturated heterocycles. The molecule has 514 valence electrons. The molecular formula is C64H60Cl9N15O10. The van der Waals surface area contributed by atoms with Crippen LogP contribution < -0.4 is 31.3 Å². The van der Waals surface area contributed by atoms with Crippen LogP contribution in [0.2, 0.25) is 45.2 Å². The molecular weight excluding hydrogens is 1460 g/mol. The summed E-state index contributed by atoms with van der Waals surface area (Å²) < 4.78 is 21.9. The van der Waals surface area contributed by atoms with Crippen molar-refractivity contribution in [1.82, 2.24) is 48.9 Å². The van der Waals surface area contributed by atoms with Crippen LogP contribution in [0.4, 0.5) is 28.4 Å². The van der Waals surface area contributed by atoms with Gasteiger partial charge in [-0.2, -0.15) is 25.5 Å². The second kappa shape index (κ2) is 37.0. The molecule has 10 aromatic rings. The van der Waals surface area contributed by atoms with Crippen molar-refractivity contribution >= 4 is 174 Å². The number of methoxy groups -OCH3 is 2. The van der Waals surface area contributed by atoms with Crippen molar-refractivity contribution in [3.05, 3.63) is 224 Å². The molecule has 0 aliphatic rings. The largest absolute Gasteiger partial charge is 0.495 e. The highest BCUT2D eigenvalue weighted by molar-refractivity contribution is 6.44. The first-order valence-electron chi connectivity index (χ1n) is 28.7. The van der Waals surface area contributed by atoms with Gasteiger partial charge in [0, 0.05) is 50.6 Å². The number of nitrogens with one attached hydrogen (secondary N) is 5. The molecule has 98 heavy (non-hydrogen) atoms. The van der Waals surface area contributed by atoms with Crippen LogP contribution in [0.3, 0.4) is 0 Å². The van der Waals surface area contributed by atoms with Crippen LogP contribution >= 0.6 is 104 Å². The molecule has 0 spiro atoms. The number of benzene rings is 5. The van der Waals surface area contributed by atoms with Gasteiger partial charge in [-0.3, -0.25) is 47.4 Å². The normalized spacial score (nSPS) is 10.3. The molecule has 0 atom stereocenters. The molecule has 5 N–H and O–H groups in total. The van der Waals surface area contributed by atoms with Gasteiger partial charge in [-0.1, -0.05) is 129 Å². The van der Waals surface area contributed by atoms with Gasteiger partial charge in [0.1, 0.15) is 34.2 Å². The number of anilines is 5. The average Bonchev–Trinajstić information content (AvgIpc) is 1.60. The van der Waals surface area contributed by atoms with Crippen LogP contribution in [0, 0.1) is 6.92 Å². The van der Waals surface area contributed by atoms with E-state index in [0.717, 1.165) is 5.56 Å². The Kier molecular flexibility index (Phi) is 29.4. The lowest BCUT2D eigenvalue weighted by Gasteiger charge is -2.10. The molecule has 0 fully saturated rings. The number of amides is 5. The van der Waals surface area contributed by atoms with E-state index in [4.69, 9.17) is 114 Å². The highest BCUT2D eigenvalue weighted by atomic mass is 35.5. The van der Waals surface area contributed by atoms with Crippen molar-refractivity contribution in [3.63, 3.8) is 0 Å². The van der Waals surface area contributed by atoms with Gasteiger partial charge in [-0.05, 0) is 112 Å². The van der Waals surface area contributed by atoms with E-state index < -0.39 is 17.8 Å². The fourth-order valence-corrected chi connectivity index (χ4v) is 10.3. The Balaban J connectivity index is 0.000000194. The lowest BCUT2D eigenvalue weighted by molar-refractivity contribution is 0.0524. The number of hydrogen-bond acceptors (Lipinski definition) is 15. The fraction of sp³-hybridized carbons (Fsp3) is 0.188. The van der Waals surface area contributed by atoms with E-state index >= 15 is 0 Å². The van der Waals surface area contributed by atoms with Crippen LogP contribution in [0.25, 0.3) is 0 Å². The van der Waals surface area contributed by atoms with Gasteiger partial charge in [0.15, 0.2) is 0 Å². The first kappa shape index (κ1) is 77.9. The number of aromatic nitrogens is 10. The molecule has 0 radical (unpaired) electrons. The number of esters is 2. The zero-order valence-electron chi connectivity index (χ0n) is 53.3. The van der Waals surface area contributed by atoms with Crippen molar-refractivity contribution in [2.75, 3.05) is 47.4 Å². The summed E-state index contributed by atoms with van der Waals surface area (Å²) in [6.45, 7) is 8.69. The Morgan fingerprint density at radius 1 is 0.418 bits per heavy atom. The maximum absolute atomic E-state index is 12.2. The summed E-state index contributed by atoms with van der Waals surface area (Å²) in [6.07, 6.45) is 7.09. The molecule has 25 nitrogen and oxygen atoms in total. The lowest BCUT2D eigenvalue weighted by Crippen LogP contribution is -2.18. The van der Waals surface area contributed by atoms with E-state index in [2.05, 4.69) is 56.8 Å². The summed E-state index contributed by atoms with van der Waals surface area (Å²) in [5.74, 6) is -2.14. The third-order valence-electron chi connectivity index (χ3n) is 13.2. The molecule has 0 aliphatic heterocycles. The lowest BCUT2D eigenvalue weighted by atomic mass is 10.1. The van der Waals surface area contributed by atoms with Crippen molar-refractivity contribution in [2.45, 2.75) is 40.8 Å². The molecule has 0 bridgehead atoms. The fourth-order valence-electron chi connectivity index (χ4n) is 8.42. The van der Waals surface area contributed by atoms with Gasteiger partial charge in [0.25, 0.3) is 29.5 Å². The number of para-hydroxylation sites is 2. The molecule has 5 amide bonds. The van der Waals surface area contributed by atoms with E-state index in [9.17, 15) is 33.6 Å². The molecule has 5 aromatic heterocycles. The minimum absolute atomic E-state index is 0.250. The third-order valence-corrected chi connectivity index (χ3v) is 16.0. The molecule has 5 aromatic carbocycles. The molecule has 5 heterocycles. The zero-order chi connectivity index (χ0) is 72.1. The van der Waals surface area contributed by atoms with Gasteiger partial charge in [-0.15, -0.1) is 0 Å². The predicted molar refractivity (Wildman–Crippen MR) is 381 cm³/mol. The molecule has 0 saturated carbocycles. The number of carbonyl (C=O) groups is 7. The van der Waals surface area contributed by atoms with Crippen LogP contribution in [-0.2, 0) is 43.7 Å². The number of ether oxygens (including phenoxy) is 3. The number of carbonyl (C=O) groups excluding carboxylic acids is 7. The van der Waals surface area contributed by atoms with Crippen molar-refractivity contribution in [3.8, 4) is 5.75 Å². The summed E-state index contributed by atoms with van der Waals surface area (Å²) in [5.41, 5.74) is 5.51. The minimum atomic E-state index is -0.468. The van der Waals surface area contributed by atoms with Crippen molar-refractivity contribution in [2.24, 2.45) is 21.1 Å². The monoisotopic (exact) mass is 1510 g/mol. The van der Waals surface area contributed by atoms with Crippen LogP contribution in [0.15, 0.2) is 134 Å². The Morgan fingerprint density at radius 3 is 1.34 bits per heavy atom. The second-order valence-electron chi connectivity index (χ2n) is 19.7. The van der Waals surface area contributed by atoms with E-state index in [1.165, 1.54) is 61.5 Å².